The minimum Gasteiger partial charge on any atom is -0.493 e. The fraction of sp³-hybridized carbons (Fsp3) is 0.0909. The normalized spacial score (nSPS) is 10.6. The van der Waals surface area contributed by atoms with Gasteiger partial charge in [0.05, 0.1) is 29.2 Å². The van der Waals surface area contributed by atoms with Crippen molar-refractivity contribution in [1.82, 2.24) is 5.43 Å². The molecular weight excluding hydrogens is 528 g/mol. The zero-order valence-corrected chi connectivity index (χ0v) is 19.6. The minimum atomic E-state index is -0.779. The van der Waals surface area contributed by atoms with Gasteiger partial charge in [-0.25, -0.2) is 5.43 Å². The predicted molar refractivity (Wildman–Crippen MR) is 128 cm³/mol. The summed E-state index contributed by atoms with van der Waals surface area (Å²) in [7, 11) is 1.37. The van der Waals surface area contributed by atoms with E-state index in [1.807, 2.05) is 0 Å². The van der Waals surface area contributed by atoms with Crippen LogP contribution in [0.2, 0.25) is 0 Å². The van der Waals surface area contributed by atoms with E-state index >= 15 is 0 Å². The number of hydrogen-bond acceptors (Lipinski definition) is 9. The molecule has 3 aromatic carbocycles. The van der Waals surface area contributed by atoms with Crippen LogP contribution in [-0.2, 0) is 4.79 Å². The fourth-order valence-electron chi connectivity index (χ4n) is 2.71. The van der Waals surface area contributed by atoms with E-state index in [1.54, 1.807) is 30.3 Å². The molecule has 0 spiro atoms. The van der Waals surface area contributed by atoms with E-state index < -0.39 is 27.1 Å². The van der Waals surface area contributed by atoms with Gasteiger partial charge in [-0.2, -0.15) is 5.10 Å². The lowest BCUT2D eigenvalue weighted by atomic mass is 10.2. The number of methoxy groups -OCH3 is 1. The molecule has 0 unspecified atom stereocenters. The Balaban J connectivity index is 1.65. The third-order valence-corrected chi connectivity index (χ3v) is 4.87. The number of non-ortho nitro benzene ring substituents is 1. The van der Waals surface area contributed by atoms with Crippen LogP contribution in [0.3, 0.4) is 0 Å². The Hall–Kier alpha value is -4.52. The van der Waals surface area contributed by atoms with E-state index in [-0.39, 0.29) is 23.9 Å². The Labute approximate surface area is 206 Å². The number of nitrogens with zero attached hydrogens (tertiary/aromatic N) is 3. The van der Waals surface area contributed by atoms with Crippen molar-refractivity contribution in [3.8, 4) is 23.0 Å². The van der Waals surface area contributed by atoms with Crippen LogP contribution in [0.5, 0.6) is 23.0 Å². The van der Waals surface area contributed by atoms with Crippen molar-refractivity contribution in [1.29, 1.82) is 0 Å². The van der Waals surface area contributed by atoms with E-state index in [4.69, 9.17) is 14.2 Å². The van der Waals surface area contributed by atoms with Gasteiger partial charge >= 0.3 is 5.69 Å². The molecule has 0 aliphatic rings. The van der Waals surface area contributed by atoms with Crippen molar-refractivity contribution >= 4 is 39.4 Å². The maximum atomic E-state index is 11.9. The molecule has 0 saturated carbocycles. The largest absolute Gasteiger partial charge is 0.493 e. The molecule has 0 fully saturated rings. The molecule has 35 heavy (non-hydrogen) atoms. The van der Waals surface area contributed by atoms with Crippen LogP contribution in [0, 0.1) is 20.2 Å². The third kappa shape index (κ3) is 6.98. The molecule has 1 amide bonds. The average molecular weight is 545 g/mol. The number of rotatable bonds is 10. The lowest BCUT2D eigenvalue weighted by molar-refractivity contribution is -0.394. The number of nitro benzene ring substituents is 2. The van der Waals surface area contributed by atoms with Crippen LogP contribution in [0.15, 0.2) is 70.2 Å². The number of nitro groups is 2. The van der Waals surface area contributed by atoms with Crippen molar-refractivity contribution in [3.63, 3.8) is 0 Å². The summed E-state index contributed by atoms with van der Waals surface area (Å²) in [6, 6.07) is 14.6. The summed E-state index contributed by atoms with van der Waals surface area (Å²) in [4.78, 5) is 32.6. The number of ether oxygens (including phenoxy) is 3. The van der Waals surface area contributed by atoms with Gasteiger partial charge in [-0.3, -0.25) is 25.0 Å². The second kappa shape index (κ2) is 11.6. The first-order valence-corrected chi connectivity index (χ1v) is 10.5. The molecular formula is C22H17BrN4O8. The first kappa shape index (κ1) is 25.1. The number of hydrogen-bond donors (Lipinski definition) is 1. The Morgan fingerprint density at radius 1 is 1.00 bits per heavy atom. The Morgan fingerprint density at radius 2 is 1.71 bits per heavy atom. The Kier molecular flexibility index (Phi) is 8.29. The van der Waals surface area contributed by atoms with E-state index in [0.717, 1.165) is 22.7 Å². The van der Waals surface area contributed by atoms with Crippen molar-refractivity contribution in [2.24, 2.45) is 5.10 Å². The zero-order valence-electron chi connectivity index (χ0n) is 18.0. The van der Waals surface area contributed by atoms with Gasteiger partial charge in [-0.15, -0.1) is 0 Å². The first-order chi connectivity index (χ1) is 16.8. The number of halogens is 1. The van der Waals surface area contributed by atoms with Crippen LogP contribution >= 0.6 is 15.9 Å². The molecule has 13 heteroatoms. The summed E-state index contributed by atoms with van der Waals surface area (Å²) in [6.45, 7) is -0.233. The zero-order chi connectivity index (χ0) is 25.4. The number of nitrogens with one attached hydrogen (secondary N) is 1. The van der Waals surface area contributed by atoms with E-state index in [0.29, 0.717) is 11.3 Å². The quantitative estimate of drug-likeness (QED) is 0.220. The second-order valence-electron chi connectivity index (χ2n) is 6.71. The number of hydrazone groups is 1. The van der Waals surface area contributed by atoms with Crippen molar-refractivity contribution in [2.45, 2.75) is 0 Å². The molecule has 1 N–H and O–H groups in total. The van der Waals surface area contributed by atoms with Gasteiger partial charge in [0.15, 0.2) is 18.1 Å². The van der Waals surface area contributed by atoms with Gasteiger partial charge in [-0.1, -0.05) is 15.9 Å². The molecule has 0 heterocycles. The molecule has 0 aliphatic carbocycles. The summed E-state index contributed by atoms with van der Waals surface area (Å²) < 4.78 is 17.1. The number of benzene rings is 3. The highest BCUT2D eigenvalue weighted by Crippen LogP contribution is 2.38. The number of carbonyl (C=O) groups excluding carboxylic acids is 1. The highest BCUT2D eigenvalue weighted by atomic mass is 79.9. The Bertz CT molecular complexity index is 1280. The third-order valence-electron chi connectivity index (χ3n) is 4.34. The van der Waals surface area contributed by atoms with Crippen LogP contribution in [-0.4, -0.2) is 35.7 Å². The molecule has 0 radical (unpaired) electrons. The van der Waals surface area contributed by atoms with Crippen molar-refractivity contribution in [2.75, 3.05) is 13.7 Å². The topological polar surface area (TPSA) is 155 Å². The second-order valence-corrected chi connectivity index (χ2v) is 7.63. The molecule has 0 aliphatic heterocycles. The van der Waals surface area contributed by atoms with Crippen molar-refractivity contribution in [3.05, 3.63) is 90.9 Å². The SMILES string of the molecule is COc1cc(/C=N\NC(=O)COc2ccc(Br)cc2)ccc1Oc1ccc([N+](=O)[O-])cc1[N+](=O)[O-]. The van der Waals surface area contributed by atoms with E-state index in [9.17, 15) is 25.0 Å². The molecule has 0 bridgehead atoms. The maximum absolute atomic E-state index is 11.9. The summed E-state index contributed by atoms with van der Waals surface area (Å²) >= 11 is 3.31. The van der Waals surface area contributed by atoms with Gasteiger partial charge in [0, 0.05) is 10.5 Å². The number of amides is 1. The van der Waals surface area contributed by atoms with Crippen LogP contribution in [0.25, 0.3) is 0 Å². The first-order valence-electron chi connectivity index (χ1n) is 9.76. The van der Waals surface area contributed by atoms with Crippen LogP contribution in [0.1, 0.15) is 5.56 Å². The van der Waals surface area contributed by atoms with Crippen LogP contribution < -0.4 is 19.6 Å². The van der Waals surface area contributed by atoms with Gasteiger partial charge in [0.1, 0.15) is 5.75 Å². The van der Waals surface area contributed by atoms with E-state index in [1.165, 1.54) is 25.5 Å². The smallest absolute Gasteiger partial charge is 0.318 e. The summed E-state index contributed by atoms with van der Waals surface area (Å²) in [5.74, 6) is 0.209. The minimum absolute atomic E-state index is 0.133. The van der Waals surface area contributed by atoms with Crippen LogP contribution in [0.4, 0.5) is 11.4 Å². The fourth-order valence-corrected chi connectivity index (χ4v) is 2.97. The molecule has 180 valence electrons. The highest BCUT2D eigenvalue weighted by Gasteiger charge is 2.22. The monoisotopic (exact) mass is 544 g/mol. The summed E-state index contributed by atoms with van der Waals surface area (Å²) in [5, 5.41) is 26.1. The predicted octanol–water partition coefficient (Wildman–Crippen LogP) is 4.60. The lowest BCUT2D eigenvalue weighted by Crippen LogP contribution is -2.24. The van der Waals surface area contributed by atoms with Crippen molar-refractivity contribution < 1.29 is 28.9 Å². The van der Waals surface area contributed by atoms with E-state index in [2.05, 4.69) is 26.5 Å². The molecule has 0 saturated heterocycles. The summed E-state index contributed by atoms with van der Waals surface area (Å²) in [6.07, 6.45) is 1.36. The van der Waals surface area contributed by atoms with Gasteiger partial charge in [-0.05, 0) is 54.1 Å². The molecule has 12 nitrogen and oxygen atoms in total. The standard InChI is InChI=1S/C22H17BrN4O8/c1-33-21-10-14(12-24-25-22(28)13-34-17-6-3-15(23)4-7-17)2-8-20(21)35-19-9-5-16(26(29)30)11-18(19)27(31)32/h2-12H,13H2,1H3,(H,25,28)/b24-12-. The average Bonchev–Trinajstić information content (AvgIpc) is 2.84. The lowest BCUT2D eigenvalue weighted by Gasteiger charge is -2.11. The van der Waals surface area contributed by atoms with Gasteiger partial charge in [0.2, 0.25) is 5.75 Å². The molecule has 3 aromatic rings. The van der Waals surface area contributed by atoms with Gasteiger partial charge in [0.25, 0.3) is 11.6 Å². The maximum Gasteiger partial charge on any atom is 0.318 e. The molecule has 0 aromatic heterocycles. The molecule has 0 atom stereocenters. The summed E-state index contributed by atoms with van der Waals surface area (Å²) in [5.41, 5.74) is 1.85. The highest BCUT2D eigenvalue weighted by molar-refractivity contribution is 9.10. The molecule has 3 rings (SSSR count). The van der Waals surface area contributed by atoms with Gasteiger partial charge < -0.3 is 14.2 Å². The Morgan fingerprint density at radius 3 is 2.37 bits per heavy atom. The number of carbonyl (C=O) groups is 1.